The van der Waals surface area contributed by atoms with E-state index in [2.05, 4.69) is 20.4 Å². The van der Waals surface area contributed by atoms with E-state index in [1.165, 1.54) is 11.3 Å². The van der Waals surface area contributed by atoms with Gasteiger partial charge >= 0.3 is 0 Å². The lowest BCUT2D eigenvalue weighted by Gasteiger charge is -2.07. The number of hydrogen-bond acceptors (Lipinski definition) is 8. The van der Waals surface area contributed by atoms with Gasteiger partial charge < -0.3 is 19.3 Å². The number of nitrogens with one attached hydrogen (secondary N) is 1. The first-order valence-electron chi connectivity index (χ1n) is 7.81. The topological polar surface area (TPSA) is 99.4 Å². The Morgan fingerprint density at radius 1 is 1.23 bits per heavy atom. The summed E-state index contributed by atoms with van der Waals surface area (Å²) >= 11 is 1.52. The molecule has 0 saturated heterocycles. The third kappa shape index (κ3) is 4.17. The van der Waals surface area contributed by atoms with E-state index in [-0.39, 0.29) is 18.9 Å². The first kappa shape index (κ1) is 17.9. The highest BCUT2D eigenvalue weighted by atomic mass is 32.1. The molecule has 3 rings (SSSR count). The molecule has 0 fully saturated rings. The minimum Gasteiger partial charge on any atom is -0.493 e. The molecule has 1 aromatic carbocycles. The average molecular weight is 374 g/mol. The van der Waals surface area contributed by atoms with Crippen molar-refractivity contribution in [2.75, 3.05) is 14.2 Å². The molecule has 0 unspecified atom stereocenters. The Morgan fingerprint density at radius 2 is 2.04 bits per heavy atom. The molecule has 0 aliphatic rings. The Balaban J connectivity index is 1.62. The Bertz CT molecular complexity index is 906. The van der Waals surface area contributed by atoms with Gasteiger partial charge in [-0.15, -0.1) is 11.3 Å². The smallest absolute Gasteiger partial charge is 0.246 e. The molecular weight excluding hydrogens is 356 g/mol. The zero-order valence-electron chi connectivity index (χ0n) is 14.6. The largest absolute Gasteiger partial charge is 0.493 e. The van der Waals surface area contributed by atoms with E-state index < -0.39 is 0 Å². The summed E-state index contributed by atoms with van der Waals surface area (Å²) in [5, 5.41) is 9.49. The fourth-order valence-corrected chi connectivity index (χ4v) is 2.92. The van der Waals surface area contributed by atoms with Gasteiger partial charge in [-0.2, -0.15) is 4.98 Å². The van der Waals surface area contributed by atoms with Crippen molar-refractivity contribution >= 4 is 17.2 Å². The van der Waals surface area contributed by atoms with Crippen molar-refractivity contribution in [3.05, 3.63) is 40.2 Å². The first-order valence-corrected chi connectivity index (χ1v) is 8.69. The molecule has 1 amide bonds. The molecule has 3 aromatic rings. The number of hydrogen-bond donors (Lipinski definition) is 1. The zero-order chi connectivity index (χ0) is 18.5. The monoisotopic (exact) mass is 374 g/mol. The summed E-state index contributed by atoms with van der Waals surface area (Å²) in [5.74, 6) is 1.76. The number of nitrogens with zero attached hydrogens (tertiary/aromatic N) is 3. The molecule has 1 N–H and O–H groups in total. The molecule has 0 saturated carbocycles. The number of carbonyl (C=O) groups is 1. The zero-order valence-corrected chi connectivity index (χ0v) is 15.4. The van der Waals surface area contributed by atoms with Crippen LogP contribution in [0.25, 0.3) is 11.4 Å². The maximum Gasteiger partial charge on any atom is 0.246 e. The Hall–Kier alpha value is -2.94. The normalized spacial score (nSPS) is 10.6. The van der Waals surface area contributed by atoms with Gasteiger partial charge in [0.2, 0.25) is 17.6 Å². The van der Waals surface area contributed by atoms with Gasteiger partial charge in [-0.3, -0.25) is 4.79 Å². The van der Waals surface area contributed by atoms with Crippen LogP contribution in [0.15, 0.2) is 28.1 Å². The number of methoxy groups -OCH3 is 2. The van der Waals surface area contributed by atoms with Crippen LogP contribution in [-0.4, -0.2) is 35.3 Å². The molecule has 9 heteroatoms. The standard InChI is InChI=1S/C17H18N4O4S/c1-10-19-12(9-26-10)7-15(22)18-8-16-20-17(21-25-16)11-4-5-13(23-2)14(6-11)24-3/h4-6,9H,7-8H2,1-3H3,(H,18,22). The van der Waals surface area contributed by atoms with Crippen molar-refractivity contribution in [2.45, 2.75) is 19.9 Å². The van der Waals surface area contributed by atoms with E-state index >= 15 is 0 Å². The van der Waals surface area contributed by atoms with Crippen LogP contribution in [-0.2, 0) is 17.8 Å². The minimum absolute atomic E-state index is 0.152. The fraction of sp³-hybridized carbons (Fsp3) is 0.294. The fourth-order valence-electron chi connectivity index (χ4n) is 2.31. The molecular formula is C17H18N4O4S. The molecule has 0 bridgehead atoms. The molecule has 0 spiro atoms. The molecule has 8 nitrogen and oxygen atoms in total. The van der Waals surface area contributed by atoms with E-state index in [4.69, 9.17) is 14.0 Å². The van der Waals surface area contributed by atoms with E-state index in [1.54, 1.807) is 32.4 Å². The van der Waals surface area contributed by atoms with Crippen LogP contribution in [0.1, 0.15) is 16.6 Å². The van der Waals surface area contributed by atoms with E-state index in [1.807, 2.05) is 12.3 Å². The predicted molar refractivity (Wildman–Crippen MR) is 95.2 cm³/mol. The van der Waals surface area contributed by atoms with Crippen LogP contribution in [0.5, 0.6) is 11.5 Å². The Morgan fingerprint density at radius 3 is 2.73 bits per heavy atom. The van der Waals surface area contributed by atoms with Crippen molar-refractivity contribution in [3.63, 3.8) is 0 Å². The van der Waals surface area contributed by atoms with Crippen LogP contribution in [0.3, 0.4) is 0 Å². The van der Waals surface area contributed by atoms with Gasteiger partial charge in [0.15, 0.2) is 11.5 Å². The number of amides is 1. The molecule has 0 aliphatic heterocycles. The lowest BCUT2D eigenvalue weighted by Crippen LogP contribution is -2.24. The van der Waals surface area contributed by atoms with E-state index in [9.17, 15) is 4.79 Å². The lowest BCUT2D eigenvalue weighted by atomic mass is 10.2. The van der Waals surface area contributed by atoms with Crippen molar-refractivity contribution < 1.29 is 18.8 Å². The maximum atomic E-state index is 12.0. The van der Waals surface area contributed by atoms with Gasteiger partial charge in [-0.1, -0.05) is 5.16 Å². The van der Waals surface area contributed by atoms with Crippen molar-refractivity contribution in [2.24, 2.45) is 0 Å². The summed E-state index contributed by atoms with van der Waals surface area (Å²) in [6.07, 6.45) is 0.223. The second-order valence-electron chi connectivity index (χ2n) is 5.39. The van der Waals surface area contributed by atoms with Crippen LogP contribution >= 0.6 is 11.3 Å². The third-order valence-electron chi connectivity index (χ3n) is 3.55. The number of benzene rings is 1. The number of rotatable bonds is 7. The molecule has 0 radical (unpaired) electrons. The van der Waals surface area contributed by atoms with Crippen LogP contribution in [0.4, 0.5) is 0 Å². The highest BCUT2D eigenvalue weighted by molar-refractivity contribution is 7.09. The van der Waals surface area contributed by atoms with E-state index in [0.29, 0.717) is 23.2 Å². The van der Waals surface area contributed by atoms with E-state index in [0.717, 1.165) is 16.3 Å². The highest BCUT2D eigenvalue weighted by Crippen LogP contribution is 2.31. The summed E-state index contributed by atoms with van der Waals surface area (Å²) in [7, 11) is 3.13. The molecule has 26 heavy (non-hydrogen) atoms. The number of aromatic nitrogens is 3. The summed E-state index contributed by atoms with van der Waals surface area (Å²) < 4.78 is 15.7. The second-order valence-corrected chi connectivity index (χ2v) is 6.46. The Kier molecular flexibility index (Phi) is 5.47. The number of carbonyl (C=O) groups excluding carboxylic acids is 1. The summed E-state index contributed by atoms with van der Waals surface area (Å²) in [5.41, 5.74) is 1.48. The summed E-state index contributed by atoms with van der Waals surface area (Å²) in [6.45, 7) is 2.06. The van der Waals surface area contributed by atoms with Crippen LogP contribution in [0.2, 0.25) is 0 Å². The van der Waals surface area contributed by atoms with Gasteiger partial charge in [-0.25, -0.2) is 4.98 Å². The third-order valence-corrected chi connectivity index (χ3v) is 4.38. The maximum absolute atomic E-state index is 12.0. The predicted octanol–water partition coefficient (Wildman–Crippen LogP) is 2.38. The van der Waals surface area contributed by atoms with Gasteiger partial charge in [0.25, 0.3) is 0 Å². The van der Waals surface area contributed by atoms with Gasteiger partial charge in [0, 0.05) is 10.9 Å². The Labute approximate surface area is 154 Å². The molecule has 0 aliphatic carbocycles. The van der Waals surface area contributed by atoms with Gasteiger partial charge in [0.1, 0.15) is 0 Å². The second kappa shape index (κ2) is 7.96. The number of thiazole rings is 1. The molecule has 2 heterocycles. The van der Waals surface area contributed by atoms with Crippen LogP contribution in [0, 0.1) is 6.92 Å². The lowest BCUT2D eigenvalue weighted by molar-refractivity contribution is -0.120. The molecule has 2 aromatic heterocycles. The number of ether oxygens (including phenoxy) is 2. The van der Waals surface area contributed by atoms with Crippen molar-refractivity contribution in [3.8, 4) is 22.9 Å². The summed E-state index contributed by atoms with van der Waals surface area (Å²) in [4.78, 5) is 20.5. The SMILES string of the molecule is COc1ccc(-c2noc(CNC(=O)Cc3csc(C)n3)n2)cc1OC. The number of aryl methyl sites for hydroxylation is 1. The molecule has 0 atom stereocenters. The summed E-state index contributed by atoms with van der Waals surface area (Å²) in [6, 6.07) is 5.33. The van der Waals surface area contributed by atoms with Crippen molar-refractivity contribution in [1.29, 1.82) is 0 Å². The van der Waals surface area contributed by atoms with Gasteiger partial charge in [-0.05, 0) is 25.1 Å². The van der Waals surface area contributed by atoms with Crippen molar-refractivity contribution in [1.82, 2.24) is 20.4 Å². The van der Waals surface area contributed by atoms with Crippen LogP contribution < -0.4 is 14.8 Å². The highest BCUT2D eigenvalue weighted by Gasteiger charge is 2.13. The molecule has 136 valence electrons. The quantitative estimate of drug-likeness (QED) is 0.678. The van der Waals surface area contributed by atoms with Gasteiger partial charge in [0.05, 0.1) is 37.9 Å². The average Bonchev–Trinajstić information content (AvgIpc) is 3.28. The minimum atomic E-state index is -0.152. The first-order chi connectivity index (χ1) is 12.6.